The largest absolute Gasteiger partial charge is 0.300 e. The smallest absolute Gasteiger partial charge is 0.130 e. The molecule has 0 heterocycles. The second kappa shape index (κ2) is 6.27. The van der Waals surface area contributed by atoms with Crippen molar-refractivity contribution in [1.29, 1.82) is 0 Å². The predicted molar refractivity (Wildman–Crippen MR) is 53.5 cm³/mol. The molecule has 0 aromatic rings. The minimum Gasteiger partial charge on any atom is -0.300 e. The van der Waals surface area contributed by atoms with Crippen molar-refractivity contribution in [2.75, 3.05) is 0 Å². The van der Waals surface area contributed by atoms with Crippen LogP contribution in [0.5, 0.6) is 0 Å². The van der Waals surface area contributed by atoms with Crippen molar-refractivity contribution >= 4 is 29.0 Å². The number of halogens is 2. The van der Waals surface area contributed by atoms with Crippen LogP contribution in [0.4, 0.5) is 0 Å². The summed E-state index contributed by atoms with van der Waals surface area (Å²) < 4.78 is 0.242. The SMILES string of the molecule is CC(=O)CCC=C(C)C=C(Cl)Cl. The number of Topliss-reactive ketones (excluding diaryl/α,β-unsaturated/α-hetero) is 1. The number of rotatable bonds is 4. The van der Waals surface area contributed by atoms with E-state index >= 15 is 0 Å². The van der Waals surface area contributed by atoms with E-state index in [0.717, 1.165) is 12.0 Å². The number of allylic oxidation sites excluding steroid dienone is 3. The van der Waals surface area contributed by atoms with E-state index in [4.69, 9.17) is 23.2 Å². The zero-order valence-corrected chi connectivity index (χ0v) is 8.74. The molecule has 0 aromatic carbocycles. The highest BCUT2D eigenvalue weighted by atomic mass is 35.5. The first-order valence-corrected chi connectivity index (χ1v) is 4.47. The normalized spacial score (nSPS) is 11.2. The lowest BCUT2D eigenvalue weighted by atomic mass is 10.2. The van der Waals surface area contributed by atoms with Crippen LogP contribution < -0.4 is 0 Å². The predicted octanol–water partition coefficient (Wildman–Crippen LogP) is 3.62. The van der Waals surface area contributed by atoms with E-state index in [1.807, 2.05) is 13.0 Å². The van der Waals surface area contributed by atoms with Crippen LogP contribution in [0.3, 0.4) is 0 Å². The number of hydrogen-bond donors (Lipinski definition) is 0. The van der Waals surface area contributed by atoms with E-state index < -0.39 is 0 Å². The first-order valence-electron chi connectivity index (χ1n) is 3.71. The van der Waals surface area contributed by atoms with Crippen molar-refractivity contribution in [3.63, 3.8) is 0 Å². The molecule has 0 unspecified atom stereocenters. The summed E-state index contributed by atoms with van der Waals surface area (Å²) in [5.74, 6) is 0.194. The third-order valence-corrected chi connectivity index (χ3v) is 1.52. The van der Waals surface area contributed by atoms with Crippen molar-refractivity contribution in [2.45, 2.75) is 26.7 Å². The zero-order valence-electron chi connectivity index (χ0n) is 7.23. The maximum absolute atomic E-state index is 10.6. The molecule has 0 atom stereocenters. The van der Waals surface area contributed by atoms with Crippen LogP contribution >= 0.6 is 23.2 Å². The van der Waals surface area contributed by atoms with Crippen molar-refractivity contribution in [3.8, 4) is 0 Å². The molecule has 0 N–H and O–H groups in total. The molecule has 0 aliphatic rings. The molecule has 0 radical (unpaired) electrons. The van der Waals surface area contributed by atoms with Gasteiger partial charge >= 0.3 is 0 Å². The molecule has 0 aliphatic carbocycles. The van der Waals surface area contributed by atoms with E-state index in [1.165, 1.54) is 0 Å². The highest BCUT2D eigenvalue weighted by molar-refractivity contribution is 6.56. The van der Waals surface area contributed by atoms with E-state index in [-0.39, 0.29) is 10.3 Å². The second-order valence-corrected chi connectivity index (χ2v) is 3.63. The second-order valence-electron chi connectivity index (χ2n) is 2.62. The molecule has 3 heteroatoms. The fraction of sp³-hybridized carbons (Fsp3) is 0.444. The standard InChI is InChI=1S/C9H12Cl2O/c1-7(6-9(10)11)4-3-5-8(2)12/h4,6H,3,5H2,1-2H3. The molecule has 0 saturated heterocycles. The van der Waals surface area contributed by atoms with Gasteiger partial charge in [0.15, 0.2) is 0 Å². The van der Waals surface area contributed by atoms with Crippen LogP contribution in [0, 0.1) is 0 Å². The Morgan fingerprint density at radius 1 is 1.33 bits per heavy atom. The molecule has 0 fully saturated rings. The fourth-order valence-corrected chi connectivity index (χ4v) is 1.08. The third-order valence-electron chi connectivity index (χ3n) is 1.30. The molecule has 0 bridgehead atoms. The molecule has 0 aromatic heterocycles. The van der Waals surface area contributed by atoms with Gasteiger partial charge in [0.25, 0.3) is 0 Å². The average Bonchev–Trinajstić information content (AvgIpc) is 1.84. The van der Waals surface area contributed by atoms with E-state index in [9.17, 15) is 4.79 Å². The van der Waals surface area contributed by atoms with Crippen LogP contribution in [-0.4, -0.2) is 5.78 Å². The lowest BCUT2D eigenvalue weighted by Gasteiger charge is -1.92. The minimum atomic E-state index is 0.194. The van der Waals surface area contributed by atoms with Gasteiger partial charge in [-0.3, -0.25) is 0 Å². The molecule has 0 aliphatic heterocycles. The van der Waals surface area contributed by atoms with Crippen molar-refractivity contribution in [1.82, 2.24) is 0 Å². The van der Waals surface area contributed by atoms with Crippen molar-refractivity contribution in [3.05, 3.63) is 22.2 Å². The molecule has 12 heavy (non-hydrogen) atoms. The van der Waals surface area contributed by atoms with Crippen LogP contribution in [-0.2, 0) is 4.79 Å². The fourth-order valence-electron chi connectivity index (χ4n) is 0.734. The first-order chi connectivity index (χ1) is 5.52. The Morgan fingerprint density at radius 3 is 2.33 bits per heavy atom. The summed E-state index contributed by atoms with van der Waals surface area (Å²) in [6, 6.07) is 0. The number of carbonyl (C=O) groups excluding carboxylic acids is 1. The van der Waals surface area contributed by atoms with Crippen molar-refractivity contribution in [2.24, 2.45) is 0 Å². The number of carbonyl (C=O) groups is 1. The average molecular weight is 207 g/mol. The number of ketones is 1. The molecular formula is C9H12Cl2O. The van der Waals surface area contributed by atoms with Gasteiger partial charge in [-0.05, 0) is 26.3 Å². The van der Waals surface area contributed by atoms with Crippen LogP contribution in [0.25, 0.3) is 0 Å². The highest BCUT2D eigenvalue weighted by Gasteiger charge is 1.91. The lowest BCUT2D eigenvalue weighted by Crippen LogP contribution is -1.86. The third kappa shape index (κ3) is 7.83. The maximum Gasteiger partial charge on any atom is 0.130 e. The Bertz CT molecular complexity index is 213. The minimum absolute atomic E-state index is 0.194. The van der Waals surface area contributed by atoms with Gasteiger partial charge in [-0.2, -0.15) is 0 Å². The summed E-state index contributed by atoms with van der Waals surface area (Å²) in [7, 11) is 0. The molecule has 0 rings (SSSR count). The van der Waals surface area contributed by atoms with Gasteiger partial charge in [-0.1, -0.05) is 34.9 Å². The summed E-state index contributed by atoms with van der Waals surface area (Å²) in [5.41, 5.74) is 0.983. The van der Waals surface area contributed by atoms with Crippen LogP contribution in [0.15, 0.2) is 22.2 Å². The Balaban J connectivity index is 3.85. The van der Waals surface area contributed by atoms with E-state index in [2.05, 4.69) is 0 Å². The Hall–Kier alpha value is -0.270. The van der Waals surface area contributed by atoms with E-state index in [0.29, 0.717) is 6.42 Å². The highest BCUT2D eigenvalue weighted by Crippen LogP contribution is 2.11. The summed E-state index contributed by atoms with van der Waals surface area (Å²) in [6.45, 7) is 3.47. The van der Waals surface area contributed by atoms with Crippen LogP contribution in [0.1, 0.15) is 26.7 Å². The topological polar surface area (TPSA) is 17.1 Å². The monoisotopic (exact) mass is 206 g/mol. The van der Waals surface area contributed by atoms with Crippen LogP contribution in [0.2, 0.25) is 0 Å². The summed E-state index contributed by atoms with van der Waals surface area (Å²) >= 11 is 10.9. The van der Waals surface area contributed by atoms with Gasteiger partial charge in [-0.15, -0.1) is 0 Å². The molecule has 68 valence electrons. The Labute approximate surface area is 83.0 Å². The summed E-state index contributed by atoms with van der Waals surface area (Å²) in [5, 5.41) is 0. The van der Waals surface area contributed by atoms with Gasteiger partial charge in [0, 0.05) is 6.42 Å². The quantitative estimate of drug-likeness (QED) is 0.643. The van der Waals surface area contributed by atoms with E-state index in [1.54, 1.807) is 13.0 Å². The molecule has 0 spiro atoms. The maximum atomic E-state index is 10.6. The Morgan fingerprint density at radius 2 is 1.92 bits per heavy atom. The lowest BCUT2D eigenvalue weighted by molar-refractivity contribution is -0.116. The van der Waals surface area contributed by atoms with Gasteiger partial charge in [-0.25, -0.2) is 0 Å². The van der Waals surface area contributed by atoms with Crippen molar-refractivity contribution < 1.29 is 4.79 Å². The molecule has 0 saturated carbocycles. The Kier molecular flexibility index (Phi) is 6.13. The molecule has 0 amide bonds. The summed E-state index contributed by atoms with van der Waals surface area (Å²) in [4.78, 5) is 10.6. The van der Waals surface area contributed by atoms with Gasteiger partial charge in [0.2, 0.25) is 0 Å². The van der Waals surface area contributed by atoms with Gasteiger partial charge in [0.1, 0.15) is 10.3 Å². The molecule has 1 nitrogen and oxygen atoms in total. The zero-order chi connectivity index (χ0) is 9.56. The van der Waals surface area contributed by atoms with Gasteiger partial charge in [0.05, 0.1) is 0 Å². The summed E-state index contributed by atoms with van der Waals surface area (Å²) in [6.07, 6.45) is 4.92. The van der Waals surface area contributed by atoms with Gasteiger partial charge < -0.3 is 4.79 Å². The number of hydrogen-bond acceptors (Lipinski definition) is 1. The first kappa shape index (κ1) is 11.7. The molecular weight excluding hydrogens is 195 g/mol.